The van der Waals surface area contributed by atoms with E-state index >= 15 is 0 Å². The Kier molecular flexibility index (Phi) is 6.65. The zero-order valence-corrected chi connectivity index (χ0v) is 18.9. The predicted molar refractivity (Wildman–Crippen MR) is 119 cm³/mol. The molecule has 0 spiro atoms. The molecule has 0 saturated heterocycles. The van der Waals surface area contributed by atoms with E-state index in [9.17, 15) is 19.7 Å². The number of carbonyl (C=O) groups excluding carboxylic acids is 2. The zero-order chi connectivity index (χ0) is 23.6. The van der Waals surface area contributed by atoms with Crippen molar-refractivity contribution in [3.63, 3.8) is 0 Å². The molecule has 0 unspecified atom stereocenters. The number of furan rings is 1. The van der Waals surface area contributed by atoms with Crippen molar-refractivity contribution in [1.29, 1.82) is 0 Å². The van der Waals surface area contributed by atoms with Gasteiger partial charge >= 0.3 is 5.91 Å². The van der Waals surface area contributed by atoms with Crippen molar-refractivity contribution in [2.75, 3.05) is 0 Å². The summed E-state index contributed by atoms with van der Waals surface area (Å²) in [7, 11) is 0. The number of carbonyl (C=O) groups is 2. The summed E-state index contributed by atoms with van der Waals surface area (Å²) in [5.41, 5.74) is 9.25. The molecule has 2 aromatic rings. The first kappa shape index (κ1) is 23.4. The average Bonchev–Trinajstić information content (AvgIpc) is 3.07. The number of hydrogen-bond acceptors (Lipinski definition) is 7. The number of hydrogen-bond donors (Lipinski definition) is 3. The minimum atomic E-state index is -0.658. The molecule has 170 valence electrons. The first-order valence-corrected chi connectivity index (χ1v) is 10.4. The van der Waals surface area contributed by atoms with Crippen molar-refractivity contribution < 1.29 is 18.9 Å². The van der Waals surface area contributed by atoms with Crippen LogP contribution in [-0.2, 0) is 6.42 Å². The summed E-state index contributed by atoms with van der Waals surface area (Å²) >= 11 is 5.80. The van der Waals surface area contributed by atoms with Crippen LogP contribution in [0.15, 0.2) is 27.7 Å². The Hall–Kier alpha value is -3.24. The Morgan fingerprint density at radius 1 is 1.22 bits per heavy atom. The van der Waals surface area contributed by atoms with Gasteiger partial charge in [0.15, 0.2) is 5.76 Å². The highest BCUT2D eigenvalue weighted by Crippen LogP contribution is 2.30. The number of rotatable bonds is 5. The van der Waals surface area contributed by atoms with Crippen molar-refractivity contribution in [3.05, 3.63) is 61.5 Å². The summed E-state index contributed by atoms with van der Waals surface area (Å²) in [4.78, 5) is 35.4. The van der Waals surface area contributed by atoms with Gasteiger partial charge in [0.2, 0.25) is 0 Å². The van der Waals surface area contributed by atoms with Crippen LogP contribution in [0.2, 0.25) is 5.02 Å². The monoisotopic (exact) mass is 461 g/mol. The summed E-state index contributed by atoms with van der Waals surface area (Å²) in [5, 5.41) is 15.2. The molecule has 0 radical (unpaired) electrons. The SMILES string of the molecule is Cc1c(C(=O)NNC(C)(C)C)oc2c1/C(=N/NC(=O)c1ccc(Cl)c([N+](=O)[O-])c1)CCC2. The minimum Gasteiger partial charge on any atom is -0.455 e. The molecule has 32 heavy (non-hydrogen) atoms. The molecule has 3 N–H and O–H groups in total. The van der Waals surface area contributed by atoms with Gasteiger partial charge in [0.05, 0.1) is 10.6 Å². The molecule has 3 rings (SSSR count). The van der Waals surface area contributed by atoms with Crippen LogP contribution in [0.5, 0.6) is 0 Å². The molecular weight excluding hydrogens is 438 g/mol. The van der Waals surface area contributed by atoms with E-state index in [0.29, 0.717) is 35.4 Å². The van der Waals surface area contributed by atoms with Crippen molar-refractivity contribution in [3.8, 4) is 0 Å². The highest BCUT2D eigenvalue weighted by molar-refractivity contribution is 6.32. The van der Waals surface area contributed by atoms with Crippen molar-refractivity contribution in [1.82, 2.24) is 16.3 Å². The standard InChI is InChI=1S/C21H24ClN5O5/c1-11-17-14(23-24-19(28)12-8-9-13(22)15(10-12)27(30)31)6-5-7-16(17)32-18(11)20(29)25-26-21(2,3)4/h8-10,26H,5-7H2,1-4H3,(H,24,28)(H,25,29)/b23-14+. The van der Waals surface area contributed by atoms with Gasteiger partial charge in [0, 0.05) is 34.7 Å². The van der Waals surface area contributed by atoms with E-state index in [2.05, 4.69) is 21.4 Å². The van der Waals surface area contributed by atoms with Gasteiger partial charge in [-0.05, 0) is 52.7 Å². The lowest BCUT2D eigenvalue weighted by molar-refractivity contribution is -0.384. The summed E-state index contributed by atoms with van der Waals surface area (Å²) in [5.74, 6) is -0.202. The molecule has 2 amide bonds. The summed E-state index contributed by atoms with van der Waals surface area (Å²) in [6, 6.07) is 3.76. The van der Waals surface area contributed by atoms with Crippen LogP contribution >= 0.6 is 11.6 Å². The predicted octanol–water partition coefficient (Wildman–Crippen LogP) is 3.65. The molecule has 0 saturated carbocycles. The second-order valence-corrected chi connectivity index (χ2v) is 8.87. The number of nitrogens with one attached hydrogen (secondary N) is 3. The number of hydrazone groups is 1. The fourth-order valence-corrected chi connectivity index (χ4v) is 3.46. The molecular formula is C21H24ClN5O5. The number of nitrogens with zero attached hydrogens (tertiary/aromatic N) is 2. The van der Waals surface area contributed by atoms with E-state index < -0.39 is 16.7 Å². The molecule has 1 aliphatic carbocycles. The van der Waals surface area contributed by atoms with Crippen LogP contribution in [0.3, 0.4) is 0 Å². The van der Waals surface area contributed by atoms with Gasteiger partial charge in [-0.25, -0.2) is 10.9 Å². The van der Waals surface area contributed by atoms with E-state index in [1.54, 1.807) is 6.92 Å². The van der Waals surface area contributed by atoms with Crippen LogP contribution in [0, 0.1) is 17.0 Å². The fraction of sp³-hybridized carbons (Fsp3) is 0.381. The summed E-state index contributed by atoms with van der Waals surface area (Å²) < 4.78 is 5.81. The van der Waals surface area contributed by atoms with Crippen molar-refractivity contribution in [2.24, 2.45) is 5.10 Å². The molecule has 11 heteroatoms. The van der Waals surface area contributed by atoms with Gasteiger partial charge in [-0.1, -0.05) is 11.6 Å². The molecule has 1 aromatic heterocycles. The van der Waals surface area contributed by atoms with E-state index in [4.69, 9.17) is 16.0 Å². The molecule has 0 bridgehead atoms. The van der Waals surface area contributed by atoms with E-state index in [1.807, 2.05) is 20.8 Å². The number of nitro benzene ring substituents is 1. The van der Waals surface area contributed by atoms with Gasteiger partial charge in [-0.2, -0.15) is 5.10 Å². The molecule has 0 aliphatic heterocycles. The Bertz CT molecular complexity index is 1120. The zero-order valence-electron chi connectivity index (χ0n) is 18.2. The van der Waals surface area contributed by atoms with Crippen molar-refractivity contribution in [2.45, 2.75) is 52.5 Å². The molecule has 10 nitrogen and oxygen atoms in total. The van der Waals surface area contributed by atoms with E-state index in [0.717, 1.165) is 12.5 Å². The highest BCUT2D eigenvalue weighted by Gasteiger charge is 2.28. The minimum absolute atomic E-state index is 0.0544. The Morgan fingerprint density at radius 2 is 1.94 bits per heavy atom. The second-order valence-electron chi connectivity index (χ2n) is 8.46. The Morgan fingerprint density at radius 3 is 2.59 bits per heavy atom. The fourth-order valence-electron chi connectivity index (χ4n) is 3.27. The first-order valence-electron chi connectivity index (χ1n) is 9.99. The lowest BCUT2D eigenvalue weighted by Crippen LogP contribution is -2.48. The van der Waals surface area contributed by atoms with E-state index in [-0.39, 0.29) is 27.6 Å². The molecule has 1 heterocycles. The second kappa shape index (κ2) is 9.09. The van der Waals surface area contributed by atoms with Gasteiger partial charge in [0.1, 0.15) is 10.8 Å². The van der Waals surface area contributed by atoms with Crippen LogP contribution in [0.25, 0.3) is 0 Å². The average molecular weight is 462 g/mol. The smallest absolute Gasteiger partial charge is 0.301 e. The van der Waals surface area contributed by atoms with Crippen molar-refractivity contribution >= 4 is 34.8 Å². The number of aryl methyl sites for hydroxylation is 1. The van der Waals surface area contributed by atoms with Gasteiger partial charge in [-0.15, -0.1) is 0 Å². The molecule has 1 aliphatic rings. The maximum Gasteiger partial charge on any atom is 0.301 e. The lowest BCUT2D eigenvalue weighted by Gasteiger charge is -2.20. The highest BCUT2D eigenvalue weighted by atomic mass is 35.5. The number of hydrazine groups is 1. The molecule has 0 fully saturated rings. The number of fused-ring (bicyclic) bond motifs is 1. The van der Waals surface area contributed by atoms with Gasteiger partial charge in [-0.3, -0.25) is 25.1 Å². The Balaban J connectivity index is 1.82. The third-order valence-electron chi connectivity index (χ3n) is 4.78. The first-order chi connectivity index (χ1) is 15.0. The third-order valence-corrected chi connectivity index (χ3v) is 5.10. The molecule has 1 aromatic carbocycles. The lowest BCUT2D eigenvalue weighted by atomic mass is 9.93. The topological polar surface area (TPSA) is 139 Å². The maximum atomic E-state index is 12.6. The Labute approximate surface area is 189 Å². The largest absolute Gasteiger partial charge is 0.455 e. The summed E-state index contributed by atoms with van der Waals surface area (Å²) in [6.45, 7) is 7.50. The van der Waals surface area contributed by atoms with Crippen LogP contribution < -0.4 is 16.3 Å². The van der Waals surface area contributed by atoms with Crippen LogP contribution in [-0.4, -0.2) is 28.0 Å². The van der Waals surface area contributed by atoms with Gasteiger partial charge in [0.25, 0.3) is 11.6 Å². The number of nitro groups is 1. The van der Waals surface area contributed by atoms with Gasteiger partial charge < -0.3 is 4.42 Å². The quantitative estimate of drug-likeness (QED) is 0.458. The summed E-state index contributed by atoms with van der Waals surface area (Å²) in [6.07, 6.45) is 1.96. The van der Waals surface area contributed by atoms with Crippen LogP contribution in [0.1, 0.15) is 71.4 Å². The maximum absolute atomic E-state index is 12.6. The number of benzene rings is 1. The normalized spacial score (nSPS) is 14.7. The third kappa shape index (κ3) is 5.14. The van der Waals surface area contributed by atoms with Crippen LogP contribution in [0.4, 0.5) is 5.69 Å². The number of halogens is 1. The molecule has 0 atom stereocenters. The van der Waals surface area contributed by atoms with E-state index in [1.165, 1.54) is 12.1 Å². The number of amides is 2.